The Morgan fingerprint density at radius 1 is 1.33 bits per heavy atom. The summed E-state index contributed by atoms with van der Waals surface area (Å²) in [6, 6.07) is 10.4. The van der Waals surface area contributed by atoms with E-state index in [9.17, 15) is 4.79 Å². The standard InChI is InChI=1S/C17H17N5O2/c18-11-13-2-1-3-14(10-13)17(23)20-12-15-19-5-4-16(21-15)22-6-8-24-9-7-22/h1-5,10H,6-9,12H2,(H,20,23). The number of nitrogens with zero attached hydrogens (tertiary/aromatic N) is 4. The number of benzene rings is 1. The van der Waals surface area contributed by atoms with Crippen LogP contribution in [0.2, 0.25) is 0 Å². The van der Waals surface area contributed by atoms with E-state index in [0.717, 1.165) is 18.9 Å². The second kappa shape index (κ2) is 7.53. The summed E-state index contributed by atoms with van der Waals surface area (Å²) in [5.74, 6) is 1.13. The van der Waals surface area contributed by atoms with Gasteiger partial charge in [0.15, 0.2) is 0 Å². The fourth-order valence-corrected chi connectivity index (χ4v) is 2.43. The number of nitrogens with one attached hydrogen (secondary N) is 1. The molecule has 7 nitrogen and oxygen atoms in total. The molecular weight excluding hydrogens is 306 g/mol. The first-order valence-electron chi connectivity index (χ1n) is 7.69. The Hall–Kier alpha value is -2.98. The van der Waals surface area contributed by atoms with Crippen LogP contribution in [0, 0.1) is 11.3 Å². The first-order chi connectivity index (χ1) is 11.8. The first kappa shape index (κ1) is 15.9. The van der Waals surface area contributed by atoms with Crippen LogP contribution < -0.4 is 10.2 Å². The van der Waals surface area contributed by atoms with Crippen molar-refractivity contribution in [3.05, 3.63) is 53.5 Å². The summed E-state index contributed by atoms with van der Waals surface area (Å²) in [7, 11) is 0. The topological polar surface area (TPSA) is 91.1 Å². The van der Waals surface area contributed by atoms with Crippen molar-refractivity contribution in [2.75, 3.05) is 31.2 Å². The SMILES string of the molecule is N#Cc1cccc(C(=O)NCc2nccc(N3CCOCC3)n2)c1. The molecule has 24 heavy (non-hydrogen) atoms. The number of morpholine rings is 1. The zero-order valence-electron chi connectivity index (χ0n) is 13.1. The van der Waals surface area contributed by atoms with E-state index in [1.807, 2.05) is 12.1 Å². The molecule has 0 bridgehead atoms. The Balaban J connectivity index is 1.63. The van der Waals surface area contributed by atoms with Gasteiger partial charge in [0.25, 0.3) is 5.91 Å². The summed E-state index contributed by atoms with van der Waals surface area (Å²) in [5, 5.41) is 11.7. The largest absolute Gasteiger partial charge is 0.378 e. The molecule has 1 saturated heterocycles. The molecule has 1 aliphatic rings. The van der Waals surface area contributed by atoms with Crippen LogP contribution in [-0.4, -0.2) is 42.2 Å². The third-order valence-electron chi connectivity index (χ3n) is 3.69. The molecule has 0 unspecified atom stereocenters. The molecule has 2 heterocycles. The Bertz CT molecular complexity index is 766. The van der Waals surface area contributed by atoms with Crippen LogP contribution in [0.5, 0.6) is 0 Å². The smallest absolute Gasteiger partial charge is 0.251 e. The van der Waals surface area contributed by atoms with Crippen LogP contribution in [0.4, 0.5) is 5.82 Å². The van der Waals surface area contributed by atoms with Crippen LogP contribution in [0.3, 0.4) is 0 Å². The third-order valence-corrected chi connectivity index (χ3v) is 3.69. The van der Waals surface area contributed by atoms with E-state index in [-0.39, 0.29) is 12.5 Å². The Morgan fingerprint density at radius 2 is 2.17 bits per heavy atom. The Morgan fingerprint density at radius 3 is 2.96 bits per heavy atom. The molecule has 0 spiro atoms. The lowest BCUT2D eigenvalue weighted by atomic mass is 10.1. The zero-order chi connectivity index (χ0) is 16.8. The van der Waals surface area contributed by atoms with Crippen LogP contribution in [0.15, 0.2) is 36.5 Å². The molecule has 0 aliphatic carbocycles. The summed E-state index contributed by atoms with van der Waals surface area (Å²) < 4.78 is 5.33. The highest BCUT2D eigenvalue weighted by Gasteiger charge is 2.13. The highest BCUT2D eigenvalue weighted by molar-refractivity contribution is 5.94. The lowest BCUT2D eigenvalue weighted by Crippen LogP contribution is -2.37. The van der Waals surface area contributed by atoms with Crippen molar-refractivity contribution >= 4 is 11.7 Å². The Kier molecular flexibility index (Phi) is 4.99. The number of nitriles is 1. The minimum Gasteiger partial charge on any atom is -0.378 e. The number of carbonyl (C=O) groups excluding carboxylic acids is 1. The minimum atomic E-state index is -0.257. The molecule has 1 amide bonds. The fourth-order valence-electron chi connectivity index (χ4n) is 2.43. The van der Waals surface area contributed by atoms with E-state index >= 15 is 0 Å². The van der Waals surface area contributed by atoms with Crippen molar-refractivity contribution in [3.63, 3.8) is 0 Å². The highest BCUT2D eigenvalue weighted by atomic mass is 16.5. The number of ether oxygens (including phenoxy) is 1. The third kappa shape index (κ3) is 3.86. The summed E-state index contributed by atoms with van der Waals surface area (Å²) in [6.45, 7) is 3.19. The van der Waals surface area contributed by atoms with Gasteiger partial charge >= 0.3 is 0 Å². The molecule has 1 fully saturated rings. The van der Waals surface area contributed by atoms with Gasteiger partial charge < -0.3 is 15.0 Å². The van der Waals surface area contributed by atoms with Gasteiger partial charge in [0.1, 0.15) is 11.6 Å². The molecule has 0 atom stereocenters. The maximum Gasteiger partial charge on any atom is 0.251 e. The molecule has 0 saturated carbocycles. The summed E-state index contributed by atoms with van der Waals surface area (Å²) in [6.07, 6.45) is 1.69. The Labute approximate surface area is 139 Å². The van der Waals surface area contributed by atoms with Gasteiger partial charge in [-0.05, 0) is 24.3 Å². The number of hydrogen-bond donors (Lipinski definition) is 1. The first-order valence-corrected chi connectivity index (χ1v) is 7.69. The van der Waals surface area contributed by atoms with Gasteiger partial charge in [-0.1, -0.05) is 6.07 Å². The van der Waals surface area contributed by atoms with Crippen molar-refractivity contribution in [3.8, 4) is 6.07 Å². The van der Waals surface area contributed by atoms with E-state index in [1.54, 1.807) is 30.5 Å². The quantitative estimate of drug-likeness (QED) is 0.906. The maximum absolute atomic E-state index is 12.2. The van der Waals surface area contributed by atoms with E-state index in [4.69, 9.17) is 10.00 Å². The molecule has 3 rings (SSSR count). The van der Waals surface area contributed by atoms with Gasteiger partial charge in [0.05, 0.1) is 31.4 Å². The molecule has 1 N–H and O–H groups in total. The average molecular weight is 323 g/mol. The van der Waals surface area contributed by atoms with E-state index in [0.29, 0.717) is 30.2 Å². The van der Waals surface area contributed by atoms with Crippen molar-refractivity contribution in [2.45, 2.75) is 6.54 Å². The van der Waals surface area contributed by atoms with Crippen molar-refractivity contribution in [1.29, 1.82) is 5.26 Å². The lowest BCUT2D eigenvalue weighted by molar-refractivity contribution is 0.0950. The van der Waals surface area contributed by atoms with Crippen molar-refractivity contribution in [1.82, 2.24) is 15.3 Å². The second-order valence-corrected chi connectivity index (χ2v) is 5.31. The molecule has 1 aromatic heterocycles. The maximum atomic E-state index is 12.2. The number of amides is 1. The molecule has 7 heteroatoms. The zero-order valence-corrected chi connectivity index (χ0v) is 13.1. The van der Waals surface area contributed by atoms with Gasteiger partial charge in [-0.3, -0.25) is 4.79 Å². The molecule has 0 radical (unpaired) electrons. The molecule has 1 aliphatic heterocycles. The van der Waals surface area contributed by atoms with E-state index in [1.165, 1.54) is 0 Å². The van der Waals surface area contributed by atoms with E-state index in [2.05, 4.69) is 20.2 Å². The van der Waals surface area contributed by atoms with Gasteiger partial charge in [-0.25, -0.2) is 9.97 Å². The van der Waals surface area contributed by atoms with Gasteiger partial charge in [-0.2, -0.15) is 5.26 Å². The van der Waals surface area contributed by atoms with Gasteiger partial charge in [0.2, 0.25) is 0 Å². The summed E-state index contributed by atoms with van der Waals surface area (Å²) in [5.41, 5.74) is 0.895. The monoisotopic (exact) mass is 323 g/mol. The van der Waals surface area contributed by atoms with Gasteiger partial charge in [0, 0.05) is 24.8 Å². The van der Waals surface area contributed by atoms with Crippen molar-refractivity contribution in [2.24, 2.45) is 0 Å². The van der Waals surface area contributed by atoms with Crippen LogP contribution in [0.25, 0.3) is 0 Å². The predicted molar refractivity (Wildman–Crippen MR) is 87.4 cm³/mol. The second-order valence-electron chi connectivity index (χ2n) is 5.31. The number of aromatic nitrogens is 2. The van der Waals surface area contributed by atoms with Crippen molar-refractivity contribution < 1.29 is 9.53 Å². The number of hydrogen-bond acceptors (Lipinski definition) is 6. The molecular formula is C17H17N5O2. The summed E-state index contributed by atoms with van der Waals surface area (Å²) in [4.78, 5) is 23.0. The fraction of sp³-hybridized carbons (Fsp3) is 0.294. The number of anilines is 1. The van der Waals surface area contributed by atoms with Crippen LogP contribution >= 0.6 is 0 Å². The van der Waals surface area contributed by atoms with Crippen LogP contribution in [0.1, 0.15) is 21.7 Å². The normalized spacial score (nSPS) is 14.0. The number of rotatable bonds is 4. The minimum absolute atomic E-state index is 0.230. The summed E-state index contributed by atoms with van der Waals surface area (Å²) >= 11 is 0. The van der Waals surface area contributed by atoms with Gasteiger partial charge in [-0.15, -0.1) is 0 Å². The average Bonchev–Trinajstić information content (AvgIpc) is 2.67. The molecule has 122 valence electrons. The lowest BCUT2D eigenvalue weighted by Gasteiger charge is -2.27. The highest BCUT2D eigenvalue weighted by Crippen LogP contribution is 2.12. The molecule has 1 aromatic carbocycles. The predicted octanol–water partition coefficient (Wildman–Crippen LogP) is 1.11. The van der Waals surface area contributed by atoms with Crippen LogP contribution in [-0.2, 0) is 11.3 Å². The molecule has 2 aromatic rings. The van der Waals surface area contributed by atoms with E-state index < -0.39 is 0 Å². The number of carbonyl (C=O) groups is 1.